The number of benzene rings is 1. The van der Waals surface area contributed by atoms with Gasteiger partial charge in [0.1, 0.15) is 0 Å². The minimum absolute atomic E-state index is 0.121. The minimum Gasteiger partial charge on any atom is -0.483 e. The Labute approximate surface area is 204 Å². The molecule has 1 saturated heterocycles. The Kier molecular flexibility index (Phi) is 8.58. The lowest BCUT2D eigenvalue weighted by atomic mass is 10.1. The molecule has 2 amide bonds. The van der Waals surface area contributed by atoms with Crippen LogP contribution in [-0.2, 0) is 9.59 Å². The zero-order valence-electron chi connectivity index (χ0n) is 18.2. The number of pyridine rings is 1. The standard InChI is InChI=1S/C22H21ClN4O3S.CH2O2/c1-26-13-15(25-22(30)18-9-10-19(23)31-18)12-17(26)21(29)24-14-5-7-16(8-6-14)27-11-3-2-4-20(27)28;2-1-3/h2-11,15,17H,12-13H2,1H3,(H,24,29)(H,25,30);1H,(H,2,3). The van der Waals surface area contributed by atoms with Crippen molar-refractivity contribution in [3.63, 3.8) is 0 Å². The van der Waals surface area contributed by atoms with Crippen molar-refractivity contribution < 1.29 is 19.5 Å². The van der Waals surface area contributed by atoms with Gasteiger partial charge in [0, 0.05) is 36.2 Å². The molecular weight excluding hydrogens is 480 g/mol. The number of hydrogen-bond donors (Lipinski definition) is 3. The van der Waals surface area contributed by atoms with Gasteiger partial charge in [0.15, 0.2) is 0 Å². The predicted molar refractivity (Wildman–Crippen MR) is 131 cm³/mol. The number of thiophene rings is 1. The summed E-state index contributed by atoms with van der Waals surface area (Å²) in [7, 11) is 1.86. The Bertz CT molecular complexity index is 1210. The van der Waals surface area contributed by atoms with Crippen LogP contribution in [0.5, 0.6) is 0 Å². The number of aromatic nitrogens is 1. The summed E-state index contributed by atoms with van der Waals surface area (Å²) in [6.45, 7) is 0.332. The summed E-state index contributed by atoms with van der Waals surface area (Å²) < 4.78 is 2.10. The van der Waals surface area contributed by atoms with Gasteiger partial charge >= 0.3 is 0 Å². The summed E-state index contributed by atoms with van der Waals surface area (Å²) in [5.41, 5.74) is 1.25. The summed E-state index contributed by atoms with van der Waals surface area (Å²) in [5, 5.41) is 12.8. The first-order valence-electron chi connectivity index (χ1n) is 10.3. The number of likely N-dealkylation sites (N-methyl/N-ethyl adjacent to an activating group) is 1. The fourth-order valence-corrected chi connectivity index (χ4v) is 4.62. The normalized spacial score (nSPS) is 17.4. The number of hydrogen-bond acceptors (Lipinski definition) is 6. The number of nitrogens with one attached hydrogen (secondary N) is 2. The van der Waals surface area contributed by atoms with Crippen LogP contribution in [0.2, 0.25) is 4.34 Å². The van der Waals surface area contributed by atoms with E-state index in [0.717, 1.165) is 5.69 Å². The molecule has 2 aromatic heterocycles. The summed E-state index contributed by atoms with van der Waals surface area (Å²) in [5.74, 6) is -0.314. The molecule has 0 aliphatic carbocycles. The second-order valence-corrected chi connectivity index (χ2v) is 9.23. The maximum atomic E-state index is 12.8. The highest BCUT2D eigenvalue weighted by atomic mass is 35.5. The molecule has 0 spiro atoms. The van der Waals surface area contributed by atoms with Crippen molar-refractivity contribution in [1.82, 2.24) is 14.8 Å². The lowest BCUT2D eigenvalue weighted by molar-refractivity contribution is -0.123. The van der Waals surface area contributed by atoms with E-state index in [1.54, 1.807) is 54.7 Å². The minimum atomic E-state index is -0.353. The predicted octanol–water partition coefficient (Wildman–Crippen LogP) is 2.69. The van der Waals surface area contributed by atoms with Crippen LogP contribution in [0.3, 0.4) is 0 Å². The largest absolute Gasteiger partial charge is 0.483 e. The van der Waals surface area contributed by atoms with E-state index in [1.807, 2.05) is 11.9 Å². The average molecular weight is 503 g/mol. The van der Waals surface area contributed by atoms with Crippen LogP contribution in [-0.4, -0.2) is 58.5 Å². The molecule has 1 aliphatic rings. The van der Waals surface area contributed by atoms with Crippen molar-refractivity contribution in [3.05, 3.63) is 80.4 Å². The number of anilines is 1. The molecular formula is C23H23ClN4O5S. The SMILES string of the molecule is CN1CC(NC(=O)c2ccc(Cl)s2)CC1C(=O)Nc1ccc(-n2ccccc2=O)cc1.O=CO. The number of rotatable bonds is 5. The summed E-state index contributed by atoms with van der Waals surface area (Å²) in [6, 6.07) is 15.0. The van der Waals surface area contributed by atoms with E-state index in [4.69, 9.17) is 21.5 Å². The van der Waals surface area contributed by atoms with Crippen LogP contribution in [0.1, 0.15) is 16.1 Å². The molecule has 1 aromatic carbocycles. The van der Waals surface area contributed by atoms with Gasteiger partial charge in [-0.3, -0.25) is 28.6 Å². The molecule has 0 bridgehead atoms. The average Bonchev–Trinajstić information content (AvgIpc) is 3.40. The Morgan fingerprint density at radius 2 is 1.85 bits per heavy atom. The molecule has 34 heavy (non-hydrogen) atoms. The fourth-order valence-electron chi connectivity index (χ4n) is 3.68. The third-order valence-corrected chi connectivity index (χ3v) is 6.45. The first-order valence-corrected chi connectivity index (χ1v) is 11.4. The second kappa shape index (κ2) is 11.6. The van der Waals surface area contributed by atoms with Crippen LogP contribution in [0.4, 0.5) is 5.69 Å². The lowest BCUT2D eigenvalue weighted by Gasteiger charge is -2.18. The molecule has 0 radical (unpaired) electrons. The molecule has 1 aliphatic heterocycles. The molecule has 4 rings (SSSR count). The van der Waals surface area contributed by atoms with Crippen molar-refractivity contribution in [3.8, 4) is 5.69 Å². The van der Waals surface area contributed by atoms with E-state index >= 15 is 0 Å². The lowest BCUT2D eigenvalue weighted by Crippen LogP contribution is -2.37. The monoisotopic (exact) mass is 502 g/mol. The van der Waals surface area contributed by atoms with E-state index in [1.165, 1.54) is 22.0 Å². The van der Waals surface area contributed by atoms with Crippen LogP contribution in [0, 0.1) is 0 Å². The van der Waals surface area contributed by atoms with Crippen LogP contribution in [0.15, 0.2) is 65.6 Å². The Balaban J connectivity index is 0.00000103. The van der Waals surface area contributed by atoms with Crippen molar-refractivity contribution >= 4 is 46.9 Å². The van der Waals surface area contributed by atoms with Crippen LogP contribution in [0.25, 0.3) is 5.69 Å². The molecule has 178 valence electrons. The number of carboxylic acid groups (broad SMARTS) is 1. The topological polar surface area (TPSA) is 121 Å². The number of carbonyl (C=O) groups is 3. The molecule has 3 aromatic rings. The molecule has 3 heterocycles. The Hall–Kier alpha value is -3.47. The van der Waals surface area contributed by atoms with E-state index in [9.17, 15) is 14.4 Å². The second-order valence-electron chi connectivity index (χ2n) is 7.52. The highest BCUT2D eigenvalue weighted by Crippen LogP contribution is 2.23. The first kappa shape index (κ1) is 25.2. The van der Waals surface area contributed by atoms with Crippen molar-refractivity contribution in [1.29, 1.82) is 0 Å². The Morgan fingerprint density at radius 1 is 1.15 bits per heavy atom. The fraction of sp³-hybridized carbons (Fsp3) is 0.217. The van der Waals surface area contributed by atoms with Gasteiger partial charge in [0.05, 0.1) is 15.3 Å². The van der Waals surface area contributed by atoms with Gasteiger partial charge in [-0.15, -0.1) is 11.3 Å². The highest BCUT2D eigenvalue weighted by molar-refractivity contribution is 7.18. The van der Waals surface area contributed by atoms with Crippen LogP contribution < -0.4 is 16.2 Å². The highest BCUT2D eigenvalue weighted by Gasteiger charge is 2.35. The Morgan fingerprint density at radius 3 is 2.47 bits per heavy atom. The number of nitrogens with zero attached hydrogens (tertiary/aromatic N) is 2. The van der Waals surface area contributed by atoms with Crippen molar-refractivity contribution in [2.45, 2.75) is 18.5 Å². The molecule has 1 fully saturated rings. The van der Waals surface area contributed by atoms with Crippen molar-refractivity contribution in [2.75, 3.05) is 18.9 Å². The molecule has 0 saturated carbocycles. The summed E-state index contributed by atoms with van der Waals surface area (Å²) >= 11 is 7.13. The van der Waals surface area contributed by atoms with Crippen molar-refractivity contribution in [2.24, 2.45) is 0 Å². The maximum absolute atomic E-state index is 12.8. The van der Waals surface area contributed by atoms with Gasteiger partial charge in [-0.1, -0.05) is 17.7 Å². The smallest absolute Gasteiger partial charge is 0.290 e. The maximum Gasteiger partial charge on any atom is 0.290 e. The van der Waals surface area contributed by atoms with Gasteiger partial charge in [-0.2, -0.15) is 0 Å². The number of carbonyl (C=O) groups excluding carboxylic acids is 2. The van der Waals surface area contributed by atoms with Gasteiger partial charge in [-0.25, -0.2) is 0 Å². The van der Waals surface area contributed by atoms with E-state index in [0.29, 0.717) is 27.9 Å². The molecule has 2 unspecified atom stereocenters. The van der Waals surface area contributed by atoms with E-state index in [2.05, 4.69) is 10.6 Å². The number of likely N-dealkylation sites (tertiary alicyclic amines) is 1. The van der Waals surface area contributed by atoms with Gasteiger partial charge in [0.25, 0.3) is 17.9 Å². The third kappa shape index (κ3) is 6.31. The van der Waals surface area contributed by atoms with Gasteiger partial charge in [-0.05, 0) is 55.9 Å². The molecule has 3 N–H and O–H groups in total. The number of halogens is 1. The third-order valence-electron chi connectivity index (χ3n) is 5.22. The molecule has 2 atom stereocenters. The van der Waals surface area contributed by atoms with E-state index < -0.39 is 0 Å². The summed E-state index contributed by atoms with van der Waals surface area (Å²) in [6.07, 6.45) is 2.21. The summed E-state index contributed by atoms with van der Waals surface area (Å²) in [4.78, 5) is 47.9. The van der Waals surface area contributed by atoms with Gasteiger partial charge < -0.3 is 15.7 Å². The number of amides is 2. The first-order chi connectivity index (χ1) is 16.3. The van der Waals surface area contributed by atoms with E-state index in [-0.39, 0.29) is 35.9 Å². The molecule has 9 nitrogen and oxygen atoms in total. The van der Waals surface area contributed by atoms with Gasteiger partial charge in [0.2, 0.25) is 5.91 Å². The molecule has 11 heteroatoms. The zero-order valence-corrected chi connectivity index (χ0v) is 19.8. The van der Waals surface area contributed by atoms with Crippen LogP contribution >= 0.6 is 22.9 Å². The zero-order chi connectivity index (χ0) is 24.7. The quantitative estimate of drug-likeness (QED) is 0.461.